The summed E-state index contributed by atoms with van der Waals surface area (Å²) in [5.41, 5.74) is 0.924. The molecule has 4 rings (SSSR count). The molecule has 1 saturated heterocycles. The lowest BCUT2D eigenvalue weighted by atomic mass is 10.1. The molecule has 1 amide bonds. The Kier molecular flexibility index (Phi) is 7.00. The first kappa shape index (κ1) is 23.3. The van der Waals surface area contributed by atoms with Crippen molar-refractivity contribution in [1.82, 2.24) is 4.90 Å². The lowest BCUT2D eigenvalue weighted by Crippen LogP contribution is -2.32. The van der Waals surface area contributed by atoms with Crippen molar-refractivity contribution in [3.63, 3.8) is 0 Å². The molecule has 0 spiro atoms. The quantitative estimate of drug-likeness (QED) is 0.455. The van der Waals surface area contributed by atoms with Crippen molar-refractivity contribution >= 4 is 27.3 Å². The Morgan fingerprint density at radius 1 is 1.03 bits per heavy atom. The number of benzene rings is 3. The number of halogens is 2. The van der Waals surface area contributed by atoms with E-state index in [1.165, 1.54) is 24.3 Å². The number of carbonyl (C=O) groups is 1. The molecule has 1 unspecified atom stereocenters. The molecule has 5 nitrogen and oxygen atoms in total. The third-order valence-electron chi connectivity index (χ3n) is 5.65. The van der Waals surface area contributed by atoms with Crippen LogP contribution in [0.15, 0.2) is 77.7 Å². The van der Waals surface area contributed by atoms with Gasteiger partial charge in [-0.25, -0.2) is 12.8 Å². The van der Waals surface area contributed by atoms with Gasteiger partial charge in [-0.05, 0) is 79.1 Å². The number of sulfone groups is 1. The summed E-state index contributed by atoms with van der Waals surface area (Å²) in [5, 5.41) is -0.139. The van der Waals surface area contributed by atoms with Gasteiger partial charge >= 0.3 is 0 Å². The largest absolute Gasteiger partial charge is 0.457 e. The first-order chi connectivity index (χ1) is 15.8. The SMILES string of the molecule is O=C(CCc1cccc(Oc2ccc(F)cc2)c1)N1CCC(S(=O)(=O)c2ccc(Cl)cc2)C1. The zero-order valence-corrected chi connectivity index (χ0v) is 19.4. The highest BCUT2D eigenvalue weighted by Crippen LogP contribution is 2.26. The van der Waals surface area contributed by atoms with Crippen molar-refractivity contribution in [1.29, 1.82) is 0 Å². The van der Waals surface area contributed by atoms with E-state index >= 15 is 0 Å². The van der Waals surface area contributed by atoms with Gasteiger partial charge in [-0.2, -0.15) is 0 Å². The summed E-state index contributed by atoms with van der Waals surface area (Å²) in [6, 6.07) is 19.2. The smallest absolute Gasteiger partial charge is 0.222 e. The number of rotatable bonds is 7. The Morgan fingerprint density at radius 2 is 1.76 bits per heavy atom. The van der Waals surface area contributed by atoms with Crippen LogP contribution in [0.5, 0.6) is 11.5 Å². The first-order valence-corrected chi connectivity index (χ1v) is 12.5. The lowest BCUT2D eigenvalue weighted by Gasteiger charge is -2.17. The topological polar surface area (TPSA) is 63.7 Å². The molecule has 3 aromatic carbocycles. The maximum atomic E-state index is 13.1. The van der Waals surface area contributed by atoms with E-state index in [9.17, 15) is 17.6 Å². The third-order valence-corrected chi connectivity index (χ3v) is 8.10. The van der Waals surface area contributed by atoms with E-state index in [0.717, 1.165) is 5.56 Å². The number of likely N-dealkylation sites (tertiary alicyclic amines) is 1. The maximum Gasteiger partial charge on any atom is 0.222 e. The van der Waals surface area contributed by atoms with Crippen molar-refractivity contribution in [2.75, 3.05) is 13.1 Å². The summed E-state index contributed by atoms with van der Waals surface area (Å²) in [5.74, 6) is 0.713. The summed E-state index contributed by atoms with van der Waals surface area (Å²) in [6.45, 7) is 0.613. The van der Waals surface area contributed by atoms with E-state index in [0.29, 0.717) is 35.9 Å². The summed E-state index contributed by atoms with van der Waals surface area (Å²) in [4.78, 5) is 14.6. The normalized spacial score (nSPS) is 16.1. The van der Waals surface area contributed by atoms with Crippen LogP contribution in [0.3, 0.4) is 0 Å². The Morgan fingerprint density at radius 3 is 2.48 bits per heavy atom. The van der Waals surface area contributed by atoms with Gasteiger partial charge < -0.3 is 9.64 Å². The molecule has 33 heavy (non-hydrogen) atoms. The second-order valence-corrected chi connectivity index (χ2v) is 10.6. The molecule has 1 atom stereocenters. The number of aryl methyl sites for hydroxylation is 1. The molecule has 8 heteroatoms. The van der Waals surface area contributed by atoms with Gasteiger partial charge in [0.25, 0.3) is 0 Å². The fourth-order valence-corrected chi connectivity index (χ4v) is 5.66. The molecule has 0 aliphatic carbocycles. The van der Waals surface area contributed by atoms with Gasteiger partial charge in [-0.15, -0.1) is 0 Å². The molecular weight excluding hydrogens is 465 g/mol. The van der Waals surface area contributed by atoms with Crippen molar-refractivity contribution in [3.05, 3.63) is 89.2 Å². The van der Waals surface area contributed by atoms with E-state index in [4.69, 9.17) is 16.3 Å². The Hall–Kier alpha value is -2.90. The van der Waals surface area contributed by atoms with E-state index in [1.54, 1.807) is 35.2 Å². The minimum Gasteiger partial charge on any atom is -0.457 e. The minimum absolute atomic E-state index is 0.0753. The van der Waals surface area contributed by atoms with Crippen molar-refractivity contribution in [2.45, 2.75) is 29.4 Å². The Balaban J connectivity index is 1.33. The highest BCUT2D eigenvalue weighted by molar-refractivity contribution is 7.92. The molecule has 3 aromatic rings. The summed E-state index contributed by atoms with van der Waals surface area (Å²) < 4.78 is 44.6. The van der Waals surface area contributed by atoms with Crippen molar-refractivity contribution in [2.24, 2.45) is 0 Å². The van der Waals surface area contributed by atoms with Crippen molar-refractivity contribution in [3.8, 4) is 11.5 Å². The summed E-state index contributed by atoms with van der Waals surface area (Å²) in [6.07, 6.45) is 1.19. The van der Waals surface area contributed by atoms with Crippen LogP contribution in [0.4, 0.5) is 4.39 Å². The zero-order chi connectivity index (χ0) is 23.4. The number of hydrogen-bond acceptors (Lipinski definition) is 4. The molecule has 0 bridgehead atoms. The van der Waals surface area contributed by atoms with Crippen molar-refractivity contribution < 1.29 is 22.3 Å². The predicted molar refractivity (Wildman–Crippen MR) is 125 cm³/mol. The van der Waals surface area contributed by atoms with Gasteiger partial charge in [0.05, 0.1) is 10.1 Å². The van der Waals surface area contributed by atoms with Gasteiger partial charge in [-0.3, -0.25) is 4.79 Å². The Bertz CT molecular complexity index is 1230. The fourth-order valence-electron chi connectivity index (χ4n) is 3.84. The average molecular weight is 488 g/mol. The molecule has 1 fully saturated rings. The van der Waals surface area contributed by atoms with Crippen LogP contribution in [0, 0.1) is 5.82 Å². The molecule has 1 aliphatic rings. The van der Waals surface area contributed by atoms with Gasteiger partial charge in [0.15, 0.2) is 9.84 Å². The van der Waals surface area contributed by atoms with Crippen LogP contribution < -0.4 is 4.74 Å². The maximum absolute atomic E-state index is 13.1. The fraction of sp³-hybridized carbons (Fsp3) is 0.240. The van der Waals surface area contributed by atoms with E-state index in [-0.39, 0.29) is 29.6 Å². The molecular formula is C25H23ClFNO4S. The number of ether oxygens (including phenoxy) is 1. The second-order valence-electron chi connectivity index (χ2n) is 7.95. The minimum atomic E-state index is -3.52. The molecule has 0 saturated carbocycles. The van der Waals surface area contributed by atoms with E-state index in [1.807, 2.05) is 18.2 Å². The van der Waals surface area contributed by atoms with Crippen LogP contribution in [0.1, 0.15) is 18.4 Å². The van der Waals surface area contributed by atoms with Crippen LogP contribution in [-0.2, 0) is 21.1 Å². The first-order valence-electron chi connectivity index (χ1n) is 10.6. The molecule has 1 aliphatic heterocycles. The zero-order valence-electron chi connectivity index (χ0n) is 17.8. The van der Waals surface area contributed by atoms with Crippen LogP contribution >= 0.6 is 11.6 Å². The highest BCUT2D eigenvalue weighted by atomic mass is 35.5. The number of nitrogens with zero attached hydrogens (tertiary/aromatic N) is 1. The Labute approximate surface area is 197 Å². The number of carbonyl (C=O) groups excluding carboxylic acids is 1. The standard InChI is InChI=1S/C25H23ClFNO4S/c26-19-5-11-23(12-6-19)33(30,31)24-14-15-28(17-24)25(29)13-4-18-2-1-3-22(16-18)32-21-9-7-20(27)8-10-21/h1-3,5-12,16,24H,4,13-15,17H2. The molecule has 172 valence electrons. The van der Waals surface area contributed by atoms with Crippen LogP contribution in [0.25, 0.3) is 0 Å². The van der Waals surface area contributed by atoms with Crippen LogP contribution in [0.2, 0.25) is 5.02 Å². The van der Waals surface area contributed by atoms with Gasteiger partial charge in [0, 0.05) is 24.5 Å². The van der Waals surface area contributed by atoms with Gasteiger partial charge in [0.2, 0.25) is 5.91 Å². The molecule has 1 heterocycles. The highest BCUT2D eigenvalue weighted by Gasteiger charge is 2.35. The summed E-state index contributed by atoms with van der Waals surface area (Å²) >= 11 is 5.86. The lowest BCUT2D eigenvalue weighted by molar-refractivity contribution is -0.130. The number of amides is 1. The predicted octanol–water partition coefficient (Wildman–Crippen LogP) is 5.28. The van der Waals surface area contributed by atoms with Crippen LogP contribution in [-0.4, -0.2) is 37.6 Å². The van der Waals surface area contributed by atoms with E-state index < -0.39 is 15.1 Å². The molecule has 0 N–H and O–H groups in total. The second kappa shape index (κ2) is 9.93. The average Bonchev–Trinajstić information content (AvgIpc) is 3.31. The van der Waals surface area contributed by atoms with Gasteiger partial charge in [0.1, 0.15) is 17.3 Å². The molecule has 0 radical (unpaired) electrons. The monoisotopic (exact) mass is 487 g/mol. The summed E-state index contributed by atoms with van der Waals surface area (Å²) in [7, 11) is -3.52. The number of hydrogen-bond donors (Lipinski definition) is 0. The third kappa shape index (κ3) is 5.72. The van der Waals surface area contributed by atoms with Gasteiger partial charge in [-0.1, -0.05) is 23.7 Å². The van der Waals surface area contributed by atoms with E-state index in [2.05, 4.69) is 0 Å². The molecule has 0 aromatic heterocycles.